The molecule has 0 bridgehead atoms. The van der Waals surface area contributed by atoms with Crippen LogP contribution in [0.5, 0.6) is 0 Å². The van der Waals surface area contributed by atoms with Crippen molar-refractivity contribution in [1.29, 1.82) is 0 Å². The maximum Gasteiger partial charge on any atom is 0.293 e. The van der Waals surface area contributed by atoms with Crippen molar-refractivity contribution in [2.24, 2.45) is 0 Å². The van der Waals surface area contributed by atoms with Gasteiger partial charge in [-0.1, -0.05) is 41.6 Å². The predicted molar refractivity (Wildman–Crippen MR) is 80.7 cm³/mol. The van der Waals surface area contributed by atoms with E-state index in [-0.39, 0.29) is 10.6 Å². The van der Waals surface area contributed by atoms with E-state index >= 15 is 0 Å². The largest absolute Gasteiger partial charge is 0.366 e. The Morgan fingerprint density at radius 2 is 1.89 bits per heavy atom. The van der Waals surface area contributed by atoms with Crippen molar-refractivity contribution in [1.82, 2.24) is 0 Å². The lowest BCUT2D eigenvalue weighted by molar-refractivity contribution is -0.384. The van der Waals surface area contributed by atoms with Crippen molar-refractivity contribution in [2.75, 3.05) is 11.9 Å². The first-order valence-corrected chi connectivity index (χ1v) is 7.55. The van der Waals surface area contributed by atoms with Crippen LogP contribution >= 0.6 is 15.9 Å². The first-order chi connectivity index (χ1) is 9.09. The highest BCUT2D eigenvalue weighted by molar-refractivity contribution is 9.10. The van der Waals surface area contributed by atoms with E-state index in [1.54, 1.807) is 6.07 Å². The molecule has 104 valence electrons. The van der Waals surface area contributed by atoms with E-state index in [1.165, 1.54) is 25.7 Å². The third-order valence-electron chi connectivity index (χ3n) is 3.89. The molecule has 1 aliphatic rings. The van der Waals surface area contributed by atoms with Crippen LogP contribution in [0.15, 0.2) is 22.7 Å². The maximum atomic E-state index is 11.2. The summed E-state index contributed by atoms with van der Waals surface area (Å²) in [5, 5.41) is 11.2. The Labute approximate surface area is 122 Å². The molecule has 0 heterocycles. The molecule has 0 saturated heterocycles. The Morgan fingerprint density at radius 3 is 2.47 bits per heavy atom. The monoisotopic (exact) mass is 326 g/mol. The number of hydrogen-bond acceptors (Lipinski definition) is 3. The molecule has 1 saturated carbocycles. The number of anilines is 1. The van der Waals surface area contributed by atoms with Gasteiger partial charge < -0.3 is 4.90 Å². The zero-order valence-corrected chi connectivity index (χ0v) is 12.7. The average molecular weight is 327 g/mol. The first kappa shape index (κ1) is 14.3. The lowest BCUT2D eigenvalue weighted by Crippen LogP contribution is -2.31. The summed E-state index contributed by atoms with van der Waals surface area (Å²) in [4.78, 5) is 13.0. The van der Waals surface area contributed by atoms with Crippen molar-refractivity contribution in [2.45, 2.75) is 44.6 Å². The SMILES string of the molecule is CN(c1ccc(Br)cc1[N+](=O)[O-])C1CCCCCC1. The Kier molecular flexibility index (Phi) is 4.80. The highest BCUT2D eigenvalue weighted by Crippen LogP contribution is 2.34. The lowest BCUT2D eigenvalue weighted by atomic mass is 10.1. The molecule has 5 heteroatoms. The van der Waals surface area contributed by atoms with E-state index in [1.807, 2.05) is 19.2 Å². The molecular weight excluding hydrogens is 308 g/mol. The number of nitrogens with zero attached hydrogens (tertiary/aromatic N) is 2. The van der Waals surface area contributed by atoms with Crippen LogP contribution in [0.4, 0.5) is 11.4 Å². The second kappa shape index (κ2) is 6.37. The zero-order chi connectivity index (χ0) is 13.8. The van der Waals surface area contributed by atoms with E-state index in [0.29, 0.717) is 6.04 Å². The highest BCUT2D eigenvalue weighted by Gasteiger charge is 2.23. The van der Waals surface area contributed by atoms with Gasteiger partial charge in [0.2, 0.25) is 0 Å². The minimum Gasteiger partial charge on any atom is -0.366 e. The van der Waals surface area contributed by atoms with E-state index in [2.05, 4.69) is 20.8 Å². The fourth-order valence-electron chi connectivity index (χ4n) is 2.78. The number of hydrogen-bond donors (Lipinski definition) is 0. The van der Waals surface area contributed by atoms with Crippen LogP contribution in [0.2, 0.25) is 0 Å². The molecule has 19 heavy (non-hydrogen) atoms. The minimum absolute atomic E-state index is 0.182. The summed E-state index contributed by atoms with van der Waals surface area (Å²) in [5.74, 6) is 0. The third-order valence-corrected chi connectivity index (χ3v) is 4.38. The van der Waals surface area contributed by atoms with Crippen LogP contribution < -0.4 is 4.90 Å². The van der Waals surface area contributed by atoms with Crippen molar-refractivity contribution < 1.29 is 4.92 Å². The molecule has 0 spiro atoms. The van der Waals surface area contributed by atoms with Gasteiger partial charge in [-0.3, -0.25) is 10.1 Å². The third kappa shape index (κ3) is 3.47. The Bertz CT molecular complexity index is 457. The summed E-state index contributed by atoms with van der Waals surface area (Å²) in [5.41, 5.74) is 0.904. The number of rotatable bonds is 3. The molecule has 0 aliphatic heterocycles. The fourth-order valence-corrected chi connectivity index (χ4v) is 3.13. The van der Waals surface area contributed by atoms with Gasteiger partial charge in [0.1, 0.15) is 5.69 Å². The summed E-state index contributed by atoms with van der Waals surface area (Å²) in [6.07, 6.45) is 7.27. The van der Waals surface area contributed by atoms with Gasteiger partial charge >= 0.3 is 0 Å². The van der Waals surface area contributed by atoms with Gasteiger partial charge in [-0.05, 0) is 25.0 Å². The minimum atomic E-state index is -0.298. The second-order valence-corrected chi connectivity index (χ2v) is 6.06. The molecule has 1 aromatic rings. The maximum absolute atomic E-state index is 11.2. The molecule has 0 amide bonds. The van der Waals surface area contributed by atoms with Crippen LogP contribution in [-0.2, 0) is 0 Å². The van der Waals surface area contributed by atoms with Gasteiger partial charge in [0, 0.05) is 23.6 Å². The van der Waals surface area contributed by atoms with Gasteiger partial charge in [0.25, 0.3) is 5.69 Å². The first-order valence-electron chi connectivity index (χ1n) is 6.76. The van der Waals surface area contributed by atoms with E-state index in [9.17, 15) is 10.1 Å². The molecule has 0 unspecified atom stereocenters. The van der Waals surface area contributed by atoms with Gasteiger partial charge in [0.15, 0.2) is 0 Å². The number of nitro groups is 1. The normalized spacial score (nSPS) is 16.9. The van der Waals surface area contributed by atoms with Crippen LogP contribution in [0, 0.1) is 10.1 Å². The van der Waals surface area contributed by atoms with Crippen molar-refractivity contribution in [3.8, 4) is 0 Å². The zero-order valence-electron chi connectivity index (χ0n) is 11.1. The smallest absolute Gasteiger partial charge is 0.293 e. The van der Waals surface area contributed by atoms with Crippen LogP contribution in [-0.4, -0.2) is 18.0 Å². The predicted octanol–water partition coefficient (Wildman–Crippen LogP) is 4.52. The fraction of sp³-hybridized carbons (Fsp3) is 0.571. The molecule has 0 radical (unpaired) electrons. The van der Waals surface area contributed by atoms with Gasteiger partial charge in [-0.2, -0.15) is 0 Å². The topological polar surface area (TPSA) is 46.4 Å². The number of benzene rings is 1. The molecule has 0 N–H and O–H groups in total. The Hall–Kier alpha value is -1.10. The van der Waals surface area contributed by atoms with Crippen molar-refractivity contribution in [3.05, 3.63) is 32.8 Å². The van der Waals surface area contributed by atoms with Crippen LogP contribution in [0.25, 0.3) is 0 Å². The molecule has 0 aromatic heterocycles. The van der Waals surface area contributed by atoms with Crippen molar-refractivity contribution in [3.63, 3.8) is 0 Å². The quantitative estimate of drug-likeness (QED) is 0.466. The van der Waals surface area contributed by atoms with Crippen LogP contribution in [0.3, 0.4) is 0 Å². The summed E-state index contributed by atoms with van der Waals surface area (Å²) in [7, 11) is 1.98. The summed E-state index contributed by atoms with van der Waals surface area (Å²) >= 11 is 3.30. The Morgan fingerprint density at radius 1 is 1.26 bits per heavy atom. The average Bonchev–Trinajstić information content (AvgIpc) is 2.66. The molecule has 0 atom stereocenters. The van der Waals surface area contributed by atoms with E-state index in [0.717, 1.165) is 23.0 Å². The molecular formula is C14H19BrN2O2. The van der Waals surface area contributed by atoms with E-state index < -0.39 is 0 Å². The van der Waals surface area contributed by atoms with Gasteiger partial charge in [0.05, 0.1) is 4.92 Å². The Balaban J connectivity index is 2.26. The summed E-state index contributed by atoms with van der Waals surface area (Å²) in [6, 6.07) is 5.72. The molecule has 1 fully saturated rings. The van der Waals surface area contributed by atoms with Crippen LogP contribution in [0.1, 0.15) is 38.5 Å². The number of halogens is 1. The van der Waals surface area contributed by atoms with Gasteiger partial charge in [-0.25, -0.2) is 0 Å². The molecule has 4 nitrogen and oxygen atoms in total. The molecule has 2 rings (SSSR count). The van der Waals surface area contributed by atoms with E-state index in [4.69, 9.17) is 0 Å². The lowest BCUT2D eigenvalue weighted by Gasteiger charge is -2.29. The second-order valence-electron chi connectivity index (χ2n) is 5.15. The number of nitro benzene ring substituents is 1. The van der Waals surface area contributed by atoms with Crippen molar-refractivity contribution >= 4 is 27.3 Å². The summed E-state index contributed by atoms with van der Waals surface area (Å²) < 4.78 is 0.747. The molecule has 1 aromatic carbocycles. The molecule has 1 aliphatic carbocycles. The highest BCUT2D eigenvalue weighted by atomic mass is 79.9. The standard InChI is InChI=1S/C14H19BrN2O2/c1-16(12-6-4-2-3-5-7-12)13-9-8-11(15)10-14(13)17(18)19/h8-10,12H,2-7H2,1H3. The van der Waals surface area contributed by atoms with Gasteiger partial charge in [-0.15, -0.1) is 0 Å². The summed E-state index contributed by atoms with van der Waals surface area (Å²) in [6.45, 7) is 0.